The first-order chi connectivity index (χ1) is 14.0. The number of amides is 1. The Labute approximate surface area is 169 Å². The Morgan fingerprint density at radius 1 is 1.14 bits per heavy atom. The minimum atomic E-state index is -0.989. The van der Waals surface area contributed by atoms with Gasteiger partial charge in [-0.1, -0.05) is 12.1 Å². The fraction of sp³-hybridized carbons (Fsp3) is 0.429. The van der Waals surface area contributed by atoms with Crippen LogP contribution in [0, 0.1) is 17.2 Å². The first kappa shape index (κ1) is 19.0. The van der Waals surface area contributed by atoms with Gasteiger partial charge in [-0.15, -0.1) is 0 Å². The van der Waals surface area contributed by atoms with Gasteiger partial charge in [0, 0.05) is 38.8 Å². The van der Waals surface area contributed by atoms with Crippen molar-refractivity contribution in [3.8, 4) is 6.07 Å². The minimum Gasteiger partial charge on any atom is -0.378 e. The van der Waals surface area contributed by atoms with E-state index < -0.39 is 17.7 Å². The van der Waals surface area contributed by atoms with E-state index in [0.717, 1.165) is 43.6 Å². The summed E-state index contributed by atoms with van der Waals surface area (Å²) < 4.78 is 0. The highest BCUT2D eigenvalue weighted by molar-refractivity contribution is 5.98. The highest BCUT2D eigenvalue weighted by Gasteiger charge is 2.40. The molecule has 4 rings (SSSR count). The molecule has 0 unspecified atom stereocenters. The van der Waals surface area contributed by atoms with Gasteiger partial charge in [-0.3, -0.25) is 14.6 Å². The average Bonchev–Trinajstić information content (AvgIpc) is 2.73. The highest BCUT2D eigenvalue weighted by atomic mass is 16.2. The number of fused-ring (bicyclic) bond motifs is 1. The topological polar surface area (TPSA) is 105 Å². The first-order valence-corrected chi connectivity index (χ1v) is 9.86. The Balaban J connectivity index is 1.80. The maximum Gasteiger partial charge on any atom is 0.258 e. The van der Waals surface area contributed by atoms with Crippen LogP contribution in [0.2, 0.25) is 0 Å². The lowest BCUT2D eigenvalue weighted by Gasteiger charge is -2.31. The summed E-state index contributed by atoms with van der Waals surface area (Å²) in [5.41, 5.74) is 1.78. The second-order valence-electron chi connectivity index (χ2n) is 7.76. The molecule has 0 radical (unpaired) electrons. The molecule has 8 heteroatoms. The quantitative estimate of drug-likeness (QED) is 0.828. The van der Waals surface area contributed by atoms with Crippen LogP contribution in [0.3, 0.4) is 0 Å². The lowest BCUT2D eigenvalue weighted by atomic mass is 9.79. The van der Waals surface area contributed by atoms with Crippen molar-refractivity contribution in [3.05, 3.63) is 45.7 Å². The molecule has 0 aliphatic carbocycles. The molecule has 1 aromatic carbocycles. The summed E-state index contributed by atoms with van der Waals surface area (Å²) in [4.78, 5) is 37.1. The van der Waals surface area contributed by atoms with Gasteiger partial charge in [0.05, 0.1) is 11.6 Å². The van der Waals surface area contributed by atoms with Gasteiger partial charge in [0.25, 0.3) is 5.56 Å². The summed E-state index contributed by atoms with van der Waals surface area (Å²) in [5.74, 6) is -1.34. The Morgan fingerprint density at radius 3 is 2.45 bits per heavy atom. The van der Waals surface area contributed by atoms with Gasteiger partial charge >= 0.3 is 0 Å². The van der Waals surface area contributed by atoms with Crippen molar-refractivity contribution >= 4 is 23.4 Å². The van der Waals surface area contributed by atoms with Crippen LogP contribution in [0.25, 0.3) is 0 Å². The van der Waals surface area contributed by atoms with E-state index in [1.165, 1.54) is 0 Å². The molecule has 2 aliphatic rings. The second-order valence-corrected chi connectivity index (χ2v) is 7.76. The van der Waals surface area contributed by atoms with E-state index >= 15 is 0 Å². The molecule has 1 amide bonds. The predicted molar refractivity (Wildman–Crippen MR) is 111 cm³/mol. The van der Waals surface area contributed by atoms with Crippen LogP contribution in [-0.2, 0) is 4.79 Å². The van der Waals surface area contributed by atoms with Gasteiger partial charge in [-0.25, -0.2) is 0 Å². The SMILES string of the molecule is CN(C)c1ccc([C@@H]2c3c(nc(N4CCCCC4)[nH]c3=O)NC(=O)[C@@H]2C#N)cc1. The van der Waals surface area contributed by atoms with Gasteiger partial charge in [0.2, 0.25) is 11.9 Å². The lowest BCUT2D eigenvalue weighted by molar-refractivity contribution is -0.119. The summed E-state index contributed by atoms with van der Waals surface area (Å²) >= 11 is 0. The standard InChI is InChI=1S/C21H24N6O2/c1-26(2)14-8-6-13(7-9-14)16-15(12-22)19(28)23-18-17(16)20(29)25-21(24-18)27-10-4-3-5-11-27/h6-9,15-16H,3-5,10-11H2,1-2H3,(H2,23,24,25,28,29)/t15-,16+/m1/s1. The molecule has 3 heterocycles. The van der Waals surface area contributed by atoms with Gasteiger partial charge in [-0.2, -0.15) is 10.2 Å². The maximum absolute atomic E-state index is 13.1. The third kappa shape index (κ3) is 3.44. The minimum absolute atomic E-state index is 0.257. The van der Waals surface area contributed by atoms with Crippen molar-refractivity contribution in [2.24, 2.45) is 5.92 Å². The van der Waals surface area contributed by atoms with Crippen molar-refractivity contribution in [2.45, 2.75) is 25.2 Å². The van der Waals surface area contributed by atoms with Crippen LogP contribution in [0.15, 0.2) is 29.1 Å². The average molecular weight is 392 g/mol. The fourth-order valence-corrected chi connectivity index (χ4v) is 4.09. The number of rotatable bonds is 3. The molecule has 150 valence electrons. The number of hydrogen-bond donors (Lipinski definition) is 2. The molecule has 2 aromatic rings. The maximum atomic E-state index is 13.1. The number of nitrogens with one attached hydrogen (secondary N) is 2. The molecule has 2 atom stereocenters. The lowest BCUT2D eigenvalue weighted by Crippen LogP contribution is -2.40. The molecule has 2 aliphatic heterocycles. The third-order valence-corrected chi connectivity index (χ3v) is 5.67. The number of H-pyrrole nitrogens is 1. The van der Waals surface area contributed by atoms with Gasteiger partial charge in [-0.05, 0) is 37.0 Å². The summed E-state index contributed by atoms with van der Waals surface area (Å²) in [7, 11) is 3.88. The number of hydrogen-bond acceptors (Lipinski definition) is 6. The molecule has 2 N–H and O–H groups in total. The number of nitriles is 1. The summed E-state index contributed by atoms with van der Waals surface area (Å²) in [6.45, 7) is 1.65. The van der Waals surface area contributed by atoms with Crippen LogP contribution >= 0.6 is 0 Å². The summed E-state index contributed by atoms with van der Waals surface area (Å²) in [6, 6.07) is 9.64. The number of carbonyl (C=O) groups is 1. The van der Waals surface area contributed by atoms with Crippen LogP contribution < -0.4 is 20.7 Å². The Bertz CT molecular complexity index is 1010. The molecule has 0 saturated carbocycles. The summed E-state index contributed by atoms with van der Waals surface area (Å²) in [6.07, 6.45) is 3.26. The van der Waals surface area contributed by atoms with Crippen LogP contribution in [0.1, 0.15) is 36.3 Å². The Kier molecular flexibility index (Phi) is 4.97. The molecule has 1 fully saturated rings. The van der Waals surface area contributed by atoms with Crippen molar-refractivity contribution in [1.29, 1.82) is 5.26 Å². The van der Waals surface area contributed by atoms with E-state index in [-0.39, 0.29) is 11.4 Å². The number of piperidine rings is 1. The zero-order valence-electron chi connectivity index (χ0n) is 16.6. The number of carbonyl (C=O) groups excluding carboxylic acids is 1. The van der Waals surface area contributed by atoms with E-state index in [2.05, 4.69) is 21.4 Å². The van der Waals surface area contributed by atoms with E-state index in [9.17, 15) is 14.9 Å². The number of anilines is 3. The fourth-order valence-electron chi connectivity index (χ4n) is 4.09. The smallest absolute Gasteiger partial charge is 0.258 e. The number of aromatic amines is 1. The molecule has 0 bridgehead atoms. The summed E-state index contributed by atoms with van der Waals surface area (Å²) in [5, 5.41) is 12.3. The molecular formula is C21H24N6O2. The third-order valence-electron chi connectivity index (χ3n) is 5.67. The van der Waals surface area contributed by atoms with Crippen molar-refractivity contribution < 1.29 is 4.79 Å². The number of aromatic nitrogens is 2. The normalized spacial score (nSPS) is 21.1. The van der Waals surface area contributed by atoms with Crippen molar-refractivity contribution in [1.82, 2.24) is 9.97 Å². The van der Waals surface area contributed by atoms with Crippen molar-refractivity contribution in [3.63, 3.8) is 0 Å². The molecular weight excluding hydrogens is 368 g/mol. The van der Waals surface area contributed by atoms with E-state index in [4.69, 9.17) is 0 Å². The second kappa shape index (κ2) is 7.59. The Hall–Kier alpha value is -3.34. The molecule has 8 nitrogen and oxygen atoms in total. The number of nitrogens with zero attached hydrogens (tertiary/aromatic N) is 4. The molecule has 1 saturated heterocycles. The van der Waals surface area contributed by atoms with Crippen LogP contribution in [-0.4, -0.2) is 43.1 Å². The predicted octanol–water partition coefficient (Wildman–Crippen LogP) is 2.05. The highest BCUT2D eigenvalue weighted by Crippen LogP contribution is 2.38. The van der Waals surface area contributed by atoms with Gasteiger partial charge in [0.1, 0.15) is 11.7 Å². The molecule has 29 heavy (non-hydrogen) atoms. The van der Waals surface area contributed by atoms with E-state index in [0.29, 0.717) is 11.5 Å². The van der Waals surface area contributed by atoms with Crippen LogP contribution in [0.5, 0.6) is 0 Å². The van der Waals surface area contributed by atoms with Gasteiger partial charge in [0.15, 0.2) is 0 Å². The van der Waals surface area contributed by atoms with Gasteiger partial charge < -0.3 is 15.1 Å². The van der Waals surface area contributed by atoms with Crippen molar-refractivity contribution in [2.75, 3.05) is 42.3 Å². The Morgan fingerprint density at radius 2 is 1.83 bits per heavy atom. The van der Waals surface area contributed by atoms with E-state index in [1.807, 2.05) is 48.2 Å². The monoisotopic (exact) mass is 392 g/mol. The van der Waals surface area contributed by atoms with E-state index in [1.54, 1.807) is 0 Å². The van der Waals surface area contributed by atoms with Crippen LogP contribution in [0.4, 0.5) is 17.5 Å². The first-order valence-electron chi connectivity index (χ1n) is 9.86. The number of benzene rings is 1. The zero-order valence-corrected chi connectivity index (χ0v) is 16.6. The molecule has 0 spiro atoms. The largest absolute Gasteiger partial charge is 0.378 e. The molecule has 1 aromatic heterocycles. The zero-order chi connectivity index (χ0) is 20.5.